The Hall–Kier alpha value is -1.94. The molecule has 0 amide bonds. The molecule has 0 bridgehead atoms. The molecule has 5 atom stereocenters. The molecule has 0 aliphatic rings. The smallest absolute Gasteiger partial charge is 0.462 e. The highest BCUT2D eigenvalue weighted by atomic mass is 31.2. The summed E-state index contributed by atoms with van der Waals surface area (Å²) < 4.78 is 68.3. The first kappa shape index (κ1) is 89.1. The van der Waals surface area contributed by atoms with Gasteiger partial charge in [-0.3, -0.25) is 37.3 Å². The number of phosphoric ester groups is 2. The lowest BCUT2D eigenvalue weighted by molar-refractivity contribution is -0.161. The number of hydrogen-bond donors (Lipinski definition) is 3. The first-order valence-corrected chi connectivity index (χ1v) is 40.6. The van der Waals surface area contributed by atoms with Crippen LogP contribution in [0, 0.1) is 5.92 Å². The van der Waals surface area contributed by atoms with Crippen molar-refractivity contribution in [2.45, 2.75) is 393 Å². The first-order chi connectivity index (χ1) is 44.0. The van der Waals surface area contributed by atoms with E-state index in [1.54, 1.807) is 0 Å². The Morgan fingerprint density at radius 1 is 0.297 bits per heavy atom. The molecule has 19 heteroatoms. The number of esters is 4. The fourth-order valence-electron chi connectivity index (χ4n) is 11.0. The van der Waals surface area contributed by atoms with Crippen molar-refractivity contribution >= 4 is 39.5 Å². The lowest BCUT2D eigenvalue weighted by Gasteiger charge is -2.21. The molecule has 0 heterocycles. The van der Waals surface area contributed by atoms with E-state index in [1.165, 1.54) is 199 Å². The number of carbonyl (C=O) groups excluding carboxylic acids is 4. The van der Waals surface area contributed by atoms with Crippen LogP contribution in [0.5, 0.6) is 0 Å². The van der Waals surface area contributed by atoms with E-state index in [0.717, 1.165) is 95.8 Å². The molecule has 0 aromatic heterocycles. The van der Waals surface area contributed by atoms with E-state index >= 15 is 0 Å². The molecular weight excluding hydrogens is 1200 g/mol. The average Bonchev–Trinajstić information content (AvgIpc) is 3.55. The number of aliphatic hydroxyl groups excluding tert-OH is 1. The molecule has 0 saturated heterocycles. The van der Waals surface area contributed by atoms with Crippen LogP contribution in [0.25, 0.3) is 0 Å². The van der Waals surface area contributed by atoms with Crippen molar-refractivity contribution in [2.24, 2.45) is 5.92 Å². The third-order valence-electron chi connectivity index (χ3n) is 16.8. The molecule has 0 radical (unpaired) electrons. The predicted molar refractivity (Wildman–Crippen MR) is 368 cm³/mol. The highest BCUT2D eigenvalue weighted by molar-refractivity contribution is 7.47. The van der Waals surface area contributed by atoms with Gasteiger partial charge in [0.1, 0.15) is 19.3 Å². The summed E-state index contributed by atoms with van der Waals surface area (Å²) in [5, 5.41) is 10.6. The average molecular weight is 1340 g/mol. The number of phosphoric acid groups is 2. The zero-order valence-electron chi connectivity index (χ0n) is 59.0. The number of unbranched alkanes of at least 4 members (excludes halogenated alkanes) is 44. The Kier molecular flexibility index (Phi) is 64.0. The van der Waals surface area contributed by atoms with Crippen molar-refractivity contribution in [3.63, 3.8) is 0 Å². The van der Waals surface area contributed by atoms with Gasteiger partial charge in [0, 0.05) is 25.7 Å². The lowest BCUT2D eigenvalue weighted by atomic mass is 10.0. The summed E-state index contributed by atoms with van der Waals surface area (Å²) in [6, 6.07) is 0. The molecule has 0 aromatic carbocycles. The Balaban J connectivity index is 5.21. The second-order valence-corrected chi connectivity index (χ2v) is 29.4. The van der Waals surface area contributed by atoms with Crippen LogP contribution in [0.3, 0.4) is 0 Å². The lowest BCUT2D eigenvalue weighted by Crippen LogP contribution is -2.30. The maximum absolute atomic E-state index is 13.0. The molecule has 0 spiro atoms. The van der Waals surface area contributed by atoms with Gasteiger partial charge in [-0.05, 0) is 31.6 Å². The third-order valence-corrected chi connectivity index (χ3v) is 18.7. The molecule has 0 rings (SSSR count). The monoisotopic (exact) mass is 1340 g/mol. The highest BCUT2D eigenvalue weighted by Crippen LogP contribution is 2.45. The number of ether oxygens (including phenoxy) is 4. The minimum Gasteiger partial charge on any atom is -0.462 e. The Labute approximate surface area is 556 Å². The first-order valence-electron chi connectivity index (χ1n) is 37.6. The molecule has 17 nitrogen and oxygen atoms in total. The fraction of sp³-hybridized carbons (Fsp3) is 0.944. The van der Waals surface area contributed by atoms with Gasteiger partial charge < -0.3 is 33.8 Å². The van der Waals surface area contributed by atoms with Crippen molar-refractivity contribution < 1.29 is 80.2 Å². The topological polar surface area (TPSA) is 237 Å². The van der Waals surface area contributed by atoms with Gasteiger partial charge >= 0.3 is 39.5 Å². The van der Waals surface area contributed by atoms with Crippen molar-refractivity contribution in [3.8, 4) is 0 Å². The van der Waals surface area contributed by atoms with E-state index in [1.807, 2.05) is 0 Å². The molecule has 3 N–H and O–H groups in total. The van der Waals surface area contributed by atoms with Crippen LogP contribution in [-0.4, -0.2) is 96.7 Å². The second kappa shape index (κ2) is 65.4. The summed E-state index contributed by atoms with van der Waals surface area (Å²) >= 11 is 0. The zero-order valence-corrected chi connectivity index (χ0v) is 60.8. The molecule has 91 heavy (non-hydrogen) atoms. The Morgan fingerprint density at radius 3 is 0.747 bits per heavy atom. The Morgan fingerprint density at radius 2 is 0.505 bits per heavy atom. The maximum atomic E-state index is 13.0. The fourth-order valence-corrected chi connectivity index (χ4v) is 12.6. The minimum atomic E-state index is -4.95. The summed E-state index contributed by atoms with van der Waals surface area (Å²) in [7, 11) is -9.90. The zero-order chi connectivity index (χ0) is 67.0. The van der Waals surface area contributed by atoms with Crippen molar-refractivity contribution in [1.82, 2.24) is 0 Å². The summed E-state index contributed by atoms with van der Waals surface area (Å²) in [5.41, 5.74) is 0. The van der Waals surface area contributed by atoms with E-state index in [2.05, 4.69) is 34.6 Å². The van der Waals surface area contributed by atoms with Crippen molar-refractivity contribution in [2.75, 3.05) is 39.6 Å². The molecule has 0 aliphatic heterocycles. The van der Waals surface area contributed by atoms with E-state index in [-0.39, 0.29) is 25.7 Å². The summed E-state index contributed by atoms with van der Waals surface area (Å²) in [5.74, 6) is -1.40. The minimum absolute atomic E-state index is 0.105. The standard InChI is InChI=1S/C72H140O17P2/c1-6-9-12-15-18-21-23-25-26-27-28-29-31-33-36-42-47-52-57-71(76)88-67(62-83-70(75)56-51-46-41-35-32-30-24-22-19-16-13-10-7-2)63-86-90(78,79)84-59-66(73)60-85-91(80,81)87-64-68(61-82-69(74)55-50-45-40-34-20-17-14-11-8-3)89-72(77)58-53-48-43-38-37-39-44-49-54-65(4)5/h65-68,73H,6-64H2,1-5H3,(H,78,79)(H,80,81)/t66-,67-,68-/m1/s1. The van der Waals surface area contributed by atoms with Crippen LogP contribution in [0.15, 0.2) is 0 Å². The van der Waals surface area contributed by atoms with Gasteiger partial charge in [-0.2, -0.15) is 0 Å². The molecular formula is C72H140O17P2. The molecule has 0 aromatic rings. The summed E-state index contributed by atoms with van der Waals surface area (Å²) in [4.78, 5) is 72.6. The van der Waals surface area contributed by atoms with Gasteiger partial charge in [-0.1, -0.05) is 324 Å². The van der Waals surface area contributed by atoms with Gasteiger partial charge in [-0.25, -0.2) is 9.13 Å². The van der Waals surface area contributed by atoms with Crippen LogP contribution in [-0.2, 0) is 65.4 Å². The molecule has 0 saturated carbocycles. The maximum Gasteiger partial charge on any atom is 0.472 e. The van der Waals surface area contributed by atoms with Crippen molar-refractivity contribution in [1.29, 1.82) is 0 Å². The number of hydrogen-bond acceptors (Lipinski definition) is 15. The van der Waals surface area contributed by atoms with Gasteiger partial charge in [0.15, 0.2) is 12.2 Å². The van der Waals surface area contributed by atoms with Gasteiger partial charge in [0.25, 0.3) is 0 Å². The number of carbonyl (C=O) groups is 4. The van der Waals surface area contributed by atoms with Crippen LogP contribution < -0.4 is 0 Å². The van der Waals surface area contributed by atoms with Gasteiger partial charge in [0.05, 0.1) is 26.4 Å². The van der Waals surface area contributed by atoms with Gasteiger partial charge in [0.2, 0.25) is 0 Å². The van der Waals surface area contributed by atoms with Crippen LogP contribution >= 0.6 is 15.6 Å². The van der Waals surface area contributed by atoms with E-state index in [4.69, 9.17) is 37.0 Å². The van der Waals surface area contributed by atoms with E-state index in [9.17, 15) is 43.2 Å². The third kappa shape index (κ3) is 66.5. The van der Waals surface area contributed by atoms with Crippen LogP contribution in [0.4, 0.5) is 0 Å². The van der Waals surface area contributed by atoms with Crippen LogP contribution in [0.1, 0.15) is 375 Å². The predicted octanol–water partition coefficient (Wildman–Crippen LogP) is 20.9. The van der Waals surface area contributed by atoms with E-state index in [0.29, 0.717) is 25.7 Å². The van der Waals surface area contributed by atoms with E-state index < -0.39 is 97.5 Å². The quantitative estimate of drug-likeness (QED) is 0.0222. The summed E-state index contributed by atoms with van der Waals surface area (Å²) in [6.45, 7) is 7.21. The van der Waals surface area contributed by atoms with Gasteiger partial charge in [-0.15, -0.1) is 0 Å². The van der Waals surface area contributed by atoms with Crippen LogP contribution in [0.2, 0.25) is 0 Å². The normalized spacial score (nSPS) is 14.0. The molecule has 0 aliphatic carbocycles. The number of aliphatic hydroxyl groups is 1. The second-order valence-electron chi connectivity index (χ2n) is 26.5. The SMILES string of the molecule is CCCCCCCCCCCCCCCCCCCCC(=O)O[C@H](COC(=O)CCCCCCCCCCCCCCC)COP(=O)(O)OC[C@@H](O)COP(=O)(O)OC[C@@H](COC(=O)CCCCCCCCCCC)OC(=O)CCCCCCCCCCC(C)C. The van der Waals surface area contributed by atoms with Crippen molar-refractivity contribution in [3.05, 3.63) is 0 Å². The molecule has 540 valence electrons. The molecule has 2 unspecified atom stereocenters. The molecule has 0 fully saturated rings. The highest BCUT2D eigenvalue weighted by Gasteiger charge is 2.30. The number of rotatable bonds is 72. The summed E-state index contributed by atoms with van der Waals surface area (Å²) in [6.07, 6.45) is 52.7. The largest absolute Gasteiger partial charge is 0.472 e. The Bertz CT molecular complexity index is 1750.